The average molecular weight is 595 g/mol. The highest BCUT2D eigenvalue weighted by Crippen LogP contribution is 2.50. The smallest absolute Gasteiger partial charge is 0.248 e. The standard InChI is InChI=1S/C31H38N4O6S/c1-16(2)12-24(30(38)35-31-32-15-17(3)42-31)34-23-11-9-20-21(14-25(23)37)22(33-18(4)36)10-8-19-13-26(39-5)28(40-6)29(41-7)27(19)20/h9,11,13-16,22,24H,8,10,12H2,1-7H3,(H,33,36)(H,34,37)(H,32,35,38)/t22-,24-/m0/s1. The molecule has 0 saturated carbocycles. The SMILES string of the molecule is COc1cc2c(c(OC)c1OC)-c1ccc(N[C@@H](CC(C)C)C(=O)Nc3ncc(C)s3)c(=O)cc1[C@@H](NC(C)=O)CC2. The molecule has 1 aromatic heterocycles. The zero-order valence-electron chi connectivity index (χ0n) is 25.0. The summed E-state index contributed by atoms with van der Waals surface area (Å²) < 4.78 is 17.1. The summed E-state index contributed by atoms with van der Waals surface area (Å²) in [6.45, 7) is 7.41. The molecule has 0 aliphatic heterocycles. The first-order valence-electron chi connectivity index (χ1n) is 13.8. The van der Waals surface area contributed by atoms with E-state index in [4.69, 9.17) is 14.2 Å². The highest BCUT2D eigenvalue weighted by atomic mass is 32.1. The second-order valence-electron chi connectivity index (χ2n) is 10.7. The number of fused-ring (bicyclic) bond motifs is 3. The van der Waals surface area contributed by atoms with Gasteiger partial charge in [-0.25, -0.2) is 4.98 Å². The van der Waals surface area contributed by atoms with Crippen LogP contribution in [0.15, 0.2) is 35.3 Å². The number of rotatable bonds is 10. The largest absolute Gasteiger partial charge is 0.493 e. The van der Waals surface area contributed by atoms with Crippen LogP contribution in [-0.4, -0.2) is 44.2 Å². The van der Waals surface area contributed by atoms with Gasteiger partial charge in [-0.15, -0.1) is 11.3 Å². The molecule has 42 heavy (non-hydrogen) atoms. The van der Waals surface area contributed by atoms with Crippen molar-refractivity contribution in [3.63, 3.8) is 0 Å². The number of nitrogens with one attached hydrogen (secondary N) is 3. The van der Waals surface area contributed by atoms with Gasteiger partial charge < -0.3 is 30.2 Å². The van der Waals surface area contributed by atoms with Crippen LogP contribution in [0, 0.1) is 12.8 Å². The number of carbonyl (C=O) groups excluding carboxylic acids is 2. The van der Waals surface area contributed by atoms with Crippen LogP contribution >= 0.6 is 11.3 Å². The molecule has 10 nitrogen and oxygen atoms in total. The van der Waals surface area contributed by atoms with Crippen molar-refractivity contribution in [1.82, 2.24) is 10.3 Å². The highest BCUT2D eigenvalue weighted by Gasteiger charge is 2.30. The number of aromatic nitrogens is 1. The molecule has 3 N–H and O–H groups in total. The van der Waals surface area contributed by atoms with Crippen molar-refractivity contribution >= 4 is 34.0 Å². The number of amides is 2. The summed E-state index contributed by atoms with van der Waals surface area (Å²) in [6, 6.07) is 5.86. The van der Waals surface area contributed by atoms with Gasteiger partial charge in [0.05, 0.1) is 33.1 Å². The molecule has 4 rings (SSSR count). The fourth-order valence-electron chi connectivity index (χ4n) is 5.32. The quantitative estimate of drug-likeness (QED) is 0.296. The van der Waals surface area contributed by atoms with Crippen LogP contribution in [0.25, 0.3) is 11.1 Å². The van der Waals surface area contributed by atoms with Crippen molar-refractivity contribution in [2.75, 3.05) is 32.0 Å². The van der Waals surface area contributed by atoms with Crippen LogP contribution < -0.4 is 35.6 Å². The monoisotopic (exact) mass is 594 g/mol. The number of hydrogen-bond donors (Lipinski definition) is 3. The van der Waals surface area contributed by atoms with E-state index in [0.717, 1.165) is 16.0 Å². The Morgan fingerprint density at radius 2 is 1.83 bits per heavy atom. The summed E-state index contributed by atoms with van der Waals surface area (Å²) in [6.07, 6.45) is 3.35. The van der Waals surface area contributed by atoms with Gasteiger partial charge in [-0.3, -0.25) is 14.4 Å². The number of ether oxygens (including phenoxy) is 3. The molecule has 3 aromatic rings. The third-order valence-electron chi connectivity index (χ3n) is 7.12. The summed E-state index contributed by atoms with van der Waals surface area (Å²) in [5.74, 6) is 1.13. The lowest BCUT2D eigenvalue weighted by Crippen LogP contribution is -2.37. The van der Waals surface area contributed by atoms with Crippen molar-refractivity contribution in [3.05, 3.63) is 56.7 Å². The number of nitrogens with zero attached hydrogens (tertiary/aromatic N) is 1. The van der Waals surface area contributed by atoms with Crippen LogP contribution in [0.3, 0.4) is 0 Å². The van der Waals surface area contributed by atoms with E-state index in [1.165, 1.54) is 24.3 Å². The Bertz CT molecular complexity index is 1540. The minimum atomic E-state index is -0.679. The third-order valence-corrected chi connectivity index (χ3v) is 7.95. The summed E-state index contributed by atoms with van der Waals surface area (Å²) in [5.41, 5.74) is 3.02. The average Bonchev–Trinajstić information content (AvgIpc) is 3.21. The zero-order valence-corrected chi connectivity index (χ0v) is 25.9. The first-order chi connectivity index (χ1) is 20.1. The predicted molar refractivity (Wildman–Crippen MR) is 165 cm³/mol. The van der Waals surface area contributed by atoms with Crippen molar-refractivity contribution in [2.24, 2.45) is 5.92 Å². The van der Waals surface area contributed by atoms with E-state index in [-0.39, 0.29) is 28.8 Å². The summed E-state index contributed by atoms with van der Waals surface area (Å²) >= 11 is 1.39. The van der Waals surface area contributed by atoms with E-state index >= 15 is 0 Å². The van der Waals surface area contributed by atoms with Gasteiger partial charge in [-0.2, -0.15) is 0 Å². The van der Waals surface area contributed by atoms with Crippen LogP contribution in [0.2, 0.25) is 0 Å². The topological polar surface area (TPSA) is 128 Å². The Hall–Kier alpha value is -4.12. The first kappa shape index (κ1) is 30.8. The molecule has 0 radical (unpaired) electrons. The van der Waals surface area contributed by atoms with E-state index in [1.807, 2.05) is 32.9 Å². The third kappa shape index (κ3) is 6.67. The van der Waals surface area contributed by atoms with Gasteiger partial charge >= 0.3 is 0 Å². The van der Waals surface area contributed by atoms with Crippen molar-refractivity contribution in [3.8, 4) is 28.4 Å². The van der Waals surface area contributed by atoms with E-state index in [1.54, 1.807) is 33.6 Å². The molecule has 224 valence electrons. The summed E-state index contributed by atoms with van der Waals surface area (Å²) in [7, 11) is 4.66. The van der Waals surface area contributed by atoms with Gasteiger partial charge in [0.2, 0.25) is 23.0 Å². The normalized spacial score (nSPS) is 14.6. The maximum atomic E-state index is 13.7. The van der Waals surface area contributed by atoms with Gasteiger partial charge in [0.15, 0.2) is 16.6 Å². The maximum absolute atomic E-state index is 13.7. The number of aryl methyl sites for hydroxylation is 2. The molecule has 2 amide bonds. The number of anilines is 2. The van der Waals surface area contributed by atoms with Gasteiger partial charge in [-0.05, 0) is 67.0 Å². The van der Waals surface area contributed by atoms with Crippen molar-refractivity contribution < 1.29 is 23.8 Å². The number of hydrogen-bond acceptors (Lipinski definition) is 9. The van der Waals surface area contributed by atoms with Crippen molar-refractivity contribution in [2.45, 2.75) is 59.0 Å². The van der Waals surface area contributed by atoms with Gasteiger partial charge in [0, 0.05) is 23.6 Å². The van der Waals surface area contributed by atoms with E-state index in [0.29, 0.717) is 52.8 Å². The molecule has 0 saturated heterocycles. The first-order valence-corrected chi connectivity index (χ1v) is 14.6. The predicted octanol–water partition coefficient (Wildman–Crippen LogP) is 5.09. The molecule has 2 aromatic carbocycles. The summed E-state index contributed by atoms with van der Waals surface area (Å²) in [4.78, 5) is 44.5. The van der Waals surface area contributed by atoms with Crippen LogP contribution in [0.1, 0.15) is 55.7 Å². The van der Waals surface area contributed by atoms with Gasteiger partial charge in [0.25, 0.3) is 0 Å². The Morgan fingerprint density at radius 3 is 2.43 bits per heavy atom. The molecule has 11 heteroatoms. The molecule has 1 heterocycles. The van der Waals surface area contributed by atoms with Crippen molar-refractivity contribution in [1.29, 1.82) is 0 Å². The van der Waals surface area contributed by atoms with Crippen LogP contribution in [0.5, 0.6) is 17.2 Å². The van der Waals surface area contributed by atoms with E-state index in [2.05, 4.69) is 20.9 Å². The van der Waals surface area contributed by atoms with Crippen LogP contribution in [-0.2, 0) is 16.0 Å². The Labute approximate surface area is 249 Å². The maximum Gasteiger partial charge on any atom is 0.248 e. The number of thiazole rings is 1. The molecule has 2 atom stereocenters. The molecule has 0 unspecified atom stereocenters. The zero-order chi connectivity index (χ0) is 30.6. The second kappa shape index (κ2) is 13.2. The Kier molecular flexibility index (Phi) is 9.72. The minimum Gasteiger partial charge on any atom is -0.493 e. The van der Waals surface area contributed by atoms with Gasteiger partial charge in [0.1, 0.15) is 6.04 Å². The van der Waals surface area contributed by atoms with E-state index < -0.39 is 12.1 Å². The molecular formula is C31H38N4O6S. The molecule has 0 bridgehead atoms. The highest BCUT2D eigenvalue weighted by molar-refractivity contribution is 7.15. The number of carbonyl (C=O) groups is 2. The fraction of sp³-hybridized carbons (Fsp3) is 0.419. The lowest BCUT2D eigenvalue weighted by molar-refractivity contribution is -0.120. The van der Waals surface area contributed by atoms with E-state index in [9.17, 15) is 14.4 Å². The Morgan fingerprint density at radius 1 is 1.10 bits per heavy atom. The lowest BCUT2D eigenvalue weighted by Gasteiger charge is -2.20. The molecular weight excluding hydrogens is 556 g/mol. The Balaban J connectivity index is 1.86. The lowest BCUT2D eigenvalue weighted by atomic mass is 9.95. The fourth-order valence-corrected chi connectivity index (χ4v) is 5.99. The van der Waals surface area contributed by atoms with Crippen LogP contribution in [0.4, 0.5) is 10.8 Å². The van der Waals surface area contributed by atoms with Gasteiger partial charge in [-0.1, -0.05) is 19.9 Å². The second-order valence-corrected chi connectivity index (χ2v) is 11.9. The summed E-state index contributed by atoms with van der Waals surface area (Å²) in [5, 5.41) is 9.59. The number of methoxy groups -OCH3 is 3. The number of benzene rings is 1. The molecule has 0 spiro atoms. The minimum absolute atomic E-state index is 0.179. The molecule has 0 fully saturated rings. The molecule has 1 aliphatic carbocycles. The molecule has 1 aliphatic rings.